The highest BCUT2D eigenvalue weighted by Crippen LogP contribution is 2.29. The average molecular weight is 376 g/mol. The molecule has 4 rings (SSSR count). The summed E-state index contributed by atoms with van der Waals surface area (Å²) in [5.41, 5.74) is 3.66. The van der Waals surface area contributed by atoms with Gasteiger partial charge in [0.25, 0.3) is 0 Å². The minimum Gasteiger partial charge on any atom is -0.312 e. The standard InChI is InChI=1S/C22H21FN4O/c1-15-21(19(28)14-26-11-3-2-4-12-26)22-18(9-10-20(23)25-22)27(15)17-7-5-16(13-24)6-8-17/h5-10H,2-4,11-12,14H2,1H3. The summed E-state index contributed by atoms with van der Waals surface area (Å²) in [6, 6.07) is 12.2. The van der Waals surface area contributed by atoms with Crippen LogP contribution in [0, 0.1) is 24.2 Å². The van der Waals surface area contributed by atoms with Gasteiger partial charge in [0.2, 0.25) is 5.95 Å². The first kappa shape index (κ1) is 18.3. The molecule has 5 nitrogen and oxygen atoms in total. The number of rotatable bonds is 4. The number of carbonyl (C=O) groups excluding carboxylic acids is 1. The van der Waals surface area contributed by atoms with E-state index in [1.807, 2.05) is 23.6 Å². The van der Waals surface area contributed by atoms with Gasteiger partial charge in [0.05, 0.1) is 29.3 Å². The van der Waals surface area contributed by atoms with E-state index < -0.39 is 5.95 Å². The van der Waals surface area contributed by atoms with Crippen LogP contribution >= 0.6 is 0 Å². The minimum absolute atomic E-state index is 0.0325. The number of fused-ring (bicyclic) bond motifs is 1. The zero-order valence-corrected chi connectivity index (χ0v) is 15.8. The molecule has 0 spiro atoms. The van der Waals surface area contributed by atoms with Gasteiger partial charge in [-0.25, -0.2) is 4.98 Å². The molecular formula is C22H21FN4O. The largest absolute Gasteiger partial charge is 0.312 e. The number of benzene rings is 1. The summed E-state index contributed by atoms with van der Waals surface area (Å²) >= 11 is 0. The quantitative estimate of drug-likeness (QED) is 0.510. The van der Waals surface area contributed by atoms with Crippen LogP contribution in [0.3, 0.4) is 0 Å². The third-order valence-corrected chi connectivity index (χ3v) is 5.36. The Hall–Kier alpha value is -3.04. The summed E-state index contributed by atoms with van der Waals surface area (Å²) in [5, 5.41) is 9.03. The van der Waals surface area contributed by atoms with E-state index in [-0.39, 0.29) is 5.78 Å². The molecule has 142 valence electrons. The maximum absolute atomic E-state index is 13.9. The molecule has 6 heteroatoms. The van der Waals surface area contributed by atoms with Gasteiger partial charge in [0.15, 0.2) is 5.78 Å². The topological polar surface area (TPSA) is 61.9 Å². The van der Waals surface area contributed by atoms with E-state index in [0.29, 0.717) is 28.7 Å². The third-order valence-electron chi connectivity index (χ3n) is 5.36. The van der Waals surface area contributed by atoms with Crippen molar-refractivity contribution in [3.8, 4) is 11.8 Å². The van der Waals surface area contributed by atoms with Crippen molar-refractivity contribution >= 4 is 16.8 Å². The Morgan fingerprint density at radius 3 is 2.54 bits per heavy atom. The van der Waals surface area contributed by atoms with Crippen LogP contribution in [0.2, 0.25) is 0 Å². The summed E-state index contributed by atoms with van der Waals surface area (Å²) in [4.78, 5) is 19.4. The summed E-state index contributed by atoms with van der Waals surface area (Å²) in [6.45, 7) is 4.02. The number of ketones is 1. The lowest BCUT2D eigenvalue weighted by molar-refractivity contribution is 0.0916. The second kappa shape index (κ2) is 7.53. The van der Waals surface area contributed by atoms with Crippen molar-refractivity contribution < 1.29 is 9.18 Å². The Balaban J connectivity index is 1.81. The number of aromatic nitrogens is 2. The van der Waals surface area contributed by atoms with Gasteiger partial charge in [-0.3, -0.25) is 9.69 Å². The number of piperidine rings is 1. The number of Topliss-reactive ketones (excluding diaryl/α,β-unsaturated/α-hetero) is 1. The molecule has 0 saturated carbocycles. The van der Waals surface area contributed by atoms with Crippen molar-refractivity contribution in [1.82, 2.24) is 14.5 Å². The van der Waals surface area contributed by atoms with Crippen LogP contribution in [0.25, 0.3) is 16.7 Å². The number of hydrogen-bond donors (Lipinski definition) is 0. The Morgan fingerprint density at radius 2 is 1.86 bits per heavy atom. The molecule has 0 radical (unpaired) electrons. The number of halogens is 1. The Morgan fingerprint density at radius 1 is 1.14 bits per heavy atom. The van der Waals surface area contributed by atoms with E-state index >= 15 is 0 Å². The highest BCUT2D eigenvalue weighted by molar-refractivity contribution is 6.09. The predicted octanol–water partition coefficient (Wildman–Crippen LogP) is 4.01. The molecule has 1 fully saturated rings. The molecule has 1 aliphatic heterocycles. The molecular weight excluding hydrogens is 355 g/mol. The van der Waals surface area contributed by atoms with E-state index in [0.717, 1.165) is 37.3 Å². The van der Waals surface area contributed by atoms with Gasteiger partial charge in [-0.2, -0.15) is 9.65 Å². The van der Waals surface area contributed by atoms with Crippen LogP contribution in [0.15, 0.2) is 36.4 Å². The molecule has 1 aliphatic rings. The van der Waals surface area contributed by atoms with Gasteiger partial charge in [0.1, 0.15) is 5.52 Å². The SMILES string of the molecule is Cc1c(C(=O)CN2CCCCC2)c2nc(F)ccc2n1-c1ccc(C#N)cc1. The van der Waals surface area contributed by atoms with Crippen LogP contribution in [0.4, 0.5) is 4.39 Å². The van der Waals surface area contributed by atoms with Gasteiger partial charge in [-0.1, -0.05) is 6.42 Å². The molecule has 0 aliphatic carbocycles. The van der Waals surface area contributed by atoms with Crippen molar-refractivity contribution in [2.45, 2.75) is 26.2 Å². The van der Waals surface area contributed by atoms with Gasteiger partial charge in [0, 0.05) is 11.4 Å². The highest BCUT2D eigenvalue weighted by Gasteiger charge is 2.24. The predicted molar refractivity (Wildman–Crippen MR) is 105 cm³/mol. The number of pyridine rings is 1. The van der Waals surface area contributed by atoms with E-state index in [9.17, 15) is 9.18 Å². The monoisotopic (exact) mass is 376 g/mol. The minimum atomic E-state index is -0.600. The molecule has 0 amide bonds. The molecule has 0 atom stereocenters. The van der Waals surface area contributed by atoms with E-state index in [1.54, 1.807) is 18.2 Å². The normalized spacial score (nSPS) is 14.9. The molecule has 0 N–H and O–H groups in total. The first-order chi connectivity index (χ1) is 13.6. The summed E-state index contributed by atoms with van der Waals surface area (Å²) in [6.07, 6.45) is 3.41. The maximum Gasteiger partial charge on any atom is 0.213 e. The first-order valence-corrected chi connectivity index (χ1v) is 9.52. The molecule has 1 aromatic carbocycles. The second-order valence-electron chi connectivity index (χ2n) is 7.22. The average Bonchev–Trinajstić information content (AvgIpc) is 3.00. The van der Waals surface area contributed by atoms with Crippen LogP contribution in [0.5, 0.6) is 0 Å². The van der Waals surface area contributed by atoms with E-state index in [2.05, 4.69) is 16.0 Å². The highest BCUT2D eigenvalue weighted by atomic mass is 19.1. The fraction of sp³-hybridized carbons (Fsp3) is 0.318. The van der Waals surface area contributed by atoms with Gasteiger partial charge in [-0.15, -0.1) is 0 Å². The Labute approximate surface area is 163 Å². The van der Waals surface area contributed by atoms with Crippen molar-refractivity contribution in [1.29, 1.82) is 5.26 Å². The lowest BCUT2D eigenvalue weighted by Gasteiger charge is -2.25. The summed E-state index contributed by atoms with van der Waals surface area (Å²) in [7, 11) is 0. The Bertz CT molecular complexity index is 1070. The number of hydrogen-bond acceptors (Lipinski definition) is 4. The van der Waals surface area contributed by atoms with Gasteiger partial charge in [-0.05, 0) is 69.3 Å². The van der Waals surface area contributed by atoms with Crippen molar-refractivity contribution in [2.24, 2.45) is 0 Å². The van der Waals surface area contributed by atoms with Gasteiger partial charge < -0.3 is 4.57 Å². The maximum atomic E-state index is 13.9. The number of nitriles is 1. The summed E-state index contributed by atoms with van der Waals surface area (Å²) < 4.78 is 15.8. The van der Waals surface area contributed by atoms with Crippen LogP contribution < -0.4 is 0 Å². The molecule has 2 aromatic heterocycles. The van der Waals surface area contributed by atoms with Crippen LogP contribution in [-0.4, -0.2) is 39.9 Å². The third kappa shape index (κ3) is 3.30. The lowest BCUT2D eigenvalue weighted by atomic mass is 10.1. The van der Waals surface area contributed by atoms with Crippen molar-refractivity contribution in [2.75, 3.05) is 19.6 Å². The first-order valence-electron chi connectivity index (χ1n) is 9.52. The zero-order chi connectivity index (χ0) is 19.7. The lowest BCUT2D eigenvalue weighted by Crippen LogP contribution is -2.34. The number of likely N-dealkylation sites (tertiary alicyclic amines) is 1. The fourth-order valence-corrected chi connectivity index (χ4v) is 4.01. The van der Waals surface area contributed by atoms with Crippen molar-refractivity contribution in [3.63, 3.8) is 0 Å². The Kier molecular flexibility index (Phi) is 4.93. The van der Waals surface area contributed by atoms with E-state index in [4.69, 9.17) is 5.26 Å². The second-order valence-corrected chi connectivity index (χ2v) is 7.22. The summed E-state index contributed by atoms with van der Waals surface area (Å²) in [5.74, 6) is -0.633. The number of carbonyl (C=O) groups is 1. The smallest absolute Gasteiger partial charge is 0.213 e. The molecule has 28 heavy (non-hydrogen) atoms. The number of nitrogens with zero attached hydrogens (tertiary/aromatic N) is 4. The molecule has 0 bridgehead atoms. The van der Waals surface area contributed by atoms with Gasteiger partial charge >= 0.3 is 0 Å². The fourth-order valence-electron chi connectivity index (χ4n) is 4.01. The van der Waals surface area contributed by atoms with Crippen LogP contribution in [-0.2, 0) is 0 Å². The van der Waals surface area contributed by atoms with Crippen LogP contribution in [0.1, 0.15) is 40.9 Å². The molecule has 0 unspecified atom stereocenters. The van der Waals surface area contributed by atoms with E-state index in [1.165, 1.54) is 12.5 Å². The zero-order valence-electron chi connectivity index (χ0n) is 15.8. The van der Waals surface area contributed by atoms with Crippen molar-refractivity contribution in [3.05, 3.63) is 59.2 Å². The molecule has 1 saturated heterocycles. The molecule has 3 heterocycles. The molecule has 3 aromatic rings.